The summed E-state index contributed by atoms with van der Waals surface area (Å²) in [6.07, 6.45) is -0.753. The SMILES string of the molecule is CC(C)(C)OC(=O)N[C@@H](Cc1ccc(OC(=O)c2ccccc2Br)cc1)C(=O)O. The molecule has 0 aliphatic carbocycles. The lowest BCUT2D eigenvalue weighted by atomic mass is 10.1. The first kappa shape index (κ1) is 22.4. The lowest BCUT2D eigenvalue weighted by molar-refractivity contribution is -0.139. The van der Waals surface area contributed by atoms with Crippen LogP contribution in [0.3, 0.4) is 0 Å². The molecular weight excluding hydrogens is 442 g/mol. The molecule has 0 heterocycles. The molecule has 0 saturated heterocycles. The third-order valence-electron chi connectivity index (χ3n) is 3.66. The number of amides is 1. The standard InChI is InChI=1S/C21H22BrNO6/c1-21(2,3)29-20(27)23-17(18(24)25)12-13-8-10-14(11-9-13)28-19(26)15-6-4-5-7-16(15)22/h4-11,17H,12H2,1-3H3,(H,23,27)(H,24,25)/t17-/m0/s1. The second-order valence-electron chi connectivity index (χ2n) is 7.25. The van der Waals surface area contributed by atoms with E-state index < -0.39 is 29.7 Å². The van der Waals surface area contributed by atoms with Gasteiger partial charge < -0.3 is 19.9 Å². The molecule has 1 amide bonds. The van der Waals surface area contributed by atoms with Crippen LogP contribution >= 0.6 is 15.9 Å². The molecule has 0 unspecified atom stereocenters. The Kier molecular flexibility index (Phi) is 7.39. The highest BCUT2D eigenvalue weighted by atomic mass is 79.9. The Balaban J connectivity index is 2.01. The van der Waals surface area contributed by atoms with Gasteiger partial charge in [0.1, 0.15) is 17.4 Å². The largest absolute Gasteiger partial charge is 0.480 e. The van der Waals surface area contributed by atoms with Gasteiger partial charge in [0.15, 0.2) is 0 Å². The number of nitrogens with one attached hydrogen (secondary N) is 1. The number of halogens is 1. The zero-order valence-electron chi connectivity index (χ0n) is 16.3. The predicted octanol–water partition coefficient (Wildman–Crippen LogP) is 4.19. The number of ether oxygens (including phenoxy) is 2. The van der Waals surface area contributed by atoms with Crippen LogP contribution in [0, 0.1) is 0 Å². The molecule has 0 fully saturated rings. The molecule has 1 atom stereocenters. The van der Waals surface area contributed by atoms with E-state index in [1.807, 2.05) is 0 Å². The van der Waals surface area contributed by atoms with E-state index in [4.69, 9.17) is 9.47 Å². The summed E-state index contributed by atoms with van der Waals surface area (Å²) in [6.45, 7) is 5.07. The first-order chi connectivity index (χ1) is 13.5. The maximum Gasteiger partial charge on any atom is 0.408 e. The minimum atomic E-state index is -1.18. The van der Waals surface area contributed by atoms with E-state index in [1.54, 1.807) is 69.3 Å². The average Bonchev–Trinajstić information content (AvgIpc) is 2.61. The Hall–Kier alpha value is -2.87. The number of carboxylic acid groups (broad SMARTS) is 1. The van der Waals surface area contributed by atoms with Crippen LogP contribution in [0.4, 0.5) is 4.79 Å². The van der Waals surface area contributed by atoms with Crippen molar-refractivity contribution >= 4 is 34.0 Å². The molecule has 0 aliphatic rings. The second kappa shape index (κ2) is 9.56. The highest BCUT2D eigenvalue weighted by Crippen LogP contribution is 2.20. The molecule has 7 nitrogen and oxygen atoms in total. The van der Waals surface area contributed by atoms with Gasteiger partial charge in [0.2, 0.25) is 0 Å². The van der Waals surface area contributed by atoms with Crippen molar-refractivity contribution in [3.63, 3.8) is 0 Å². The minimum absolute atomic E-state index is 0.0486. The molecule has 29 heavy (non-hydrogen) atoms. The molecule has 2 rings (SSSR count). The van der Waals surface area contributed by atoms with Gasteiger partial charge in [-0.25, -0.2) is 14.4 Å². The normalized spacial score (nSPS) is 12.0. The van der Waals surface area contributed by atoms with E-state index in [9.17, 15) is 19.5 Å². The van der Waals surface area contributed by atoms with Gasteiger partial charge in [-0.2, -0.15) is 0 Å². The average molecular weight is 464 g/mol. The van der Waals surface area contributed by atoms with E-state index >= 15 is 0 Å². The van der Waals surface area contributed by atoms with Crippen LogP contribution in [-0.2, 0) is 16.0 Å². The maximum atomic E-state index is 12.2. The maximum absolute atomic E-state index is 12.2. The smallest absolute Gasteiger partial charge is 0.408 e. The summed E-state index contributed by atoms with van der Waals surface area (Å²) in [5, 5.41) is 11.7. The minimum Gasteiger partial charge on any atom is -0.480 e. The van der Waals surface area contributed by atoms with Crippen molar-refractivity contribution < 1.29 is 29.0 Å². The van der Waals surface area contributed by atoms with E-state index in [2.05, 4.69) is 21.2 Å². The lowest BCUT2D eigenvalue weighted by Crippen LogP contribution is -2.44. The van der Waals surface area contributed by atoms with Crippen LogP contribution in [0.5, 0.6) is 5.75 Å². The topological polar surface area (TPSA) is 102 Å². The van der Waals surface area contributed by atoms with Gasteiger partial charge in [-0.3, -0.25) is 0 Å². The first-order valence-electron chi connectivity index (χ1n) is 8.83. The highest BCUT2D eigenvalue weighted by molar-refractivity contribution is 9.10. The number of alkyl carbamates (subject to hydrolysis) is 1. The van der Waals surface area contributed by atoms with Gasteiger partial charge in [-0.15, -0.1) is 0 Å². The van der Waals surface area contributed by atoms with Gasteiger partial charge in [-0.1, -0.05) is 24.3 Å². The van der Waals surface area contributed by atoms with Crippen molar-refractivity contribution in [3.05, 3.63) is 64.1 Å². The molecule has 8 heteroatoms. The number of carbonyl (C=O) groups excluding carboxylic acids is 2. The molecule has 0 radical (unpaired) electrons. The monoisotopic (exact) mass is 463 g/mol. The fourth-order valence-electron chi connectivity index (χ4n) is 2.37. The van der Waals surface area contributed by atoms with Gasteiger partial charge in [-0.05, 0) is 66.5 Å². The second-order valence-corrected chi connectivity index (χ2v) is 8.11. The number of hydrogen-bond acceptors (Lipinski definition) is 5. The summed E-state index contributed by atoms with van der Waals surface area (Å²) >= 11 is 3.30. The molecule has 2 aromatic carbocycles. The molecule has 0 bridgehead atoms. The Labute approximate surface area is 177 Å². The molecule has 154 valence electrons. The van der Waals surface area contributed by atoms with E-state index in [0.717, 1.165) is 0 Å². The Morgan fingerprint density at radius 2 is 1.69 bits per heavy atom. The van der Waals surface area contributed by atoms with Crippen molar-refractivity contribution in [2.75, 3.05) is 0 Å². The molecule has 2 N–H and O–H groups in total. The Bertz CT molecular complexity index is 889. The summed E-state index contributed by atoms with van der Waals surface area (Å²) in [7, 11) is 0. The summed E-state index contributed by atoms with van der Waals surface area (Å²) in [5.41, 5.74) is 0.310. The summed E-state index contributed by atoms with van der Waals surface area (Å²) in [6, 6.07) is 12.1. The van der Waals surface area contributed by atoms with Crippen molar-refractivity contribution in [2.24, 2.45) is 0 Å². The number of rotatable bonds is 6. The van der Waals surface area contributed by atoms with Crippen LogP contribution in [0.15, 0.2) is 53.0 Å². The highest BCUT2D eigenvalue weighted by Gasteiger charge is 2.24. The Morgan fingerprint density at radius 3 is 2.24 bits per heavy atom. The number of benzene rings is 2. The third kappa shape index (κ3) is 7.23. The van der Waals surface area contributed by atoms with E-state index in [1.165, 1.54) is 0 Å². The number of aliphatic carboxylic acids is 1. The van der Waals surface area contributed by atoms with Crippen LogP contribution in [0.2, 0.25) is 0 Å². The third-order valence-corrected chi connectivity index (χ3v) is 4.35. The zero-order valence-corrected chi connectivity index (χ0v) is 17.9. The quantitative estimate of drug-likeness (QED) is 0.491. The van der Waals surface area contributed by atoms with Crippen molar-refractivity contribution in [1.82, 2.24) is 5.32 Å². The fourth-order valence-corrected chi connectivity index (χ4v) is 2.81. The molecule has 0 saturated carbocycles. The van der Waals surface area contributed by atoms with E-state index in [-0.39, 0.29) is 6.42 Å². The van der Waals surface area contributed by atoms with Crippen LogP contribution in [0.1, 0.15) is 36.7 Å². The van der Waals surface area contributed by atoms with Crippen LogP contribution in [0.25, 0.3) is 0 Å². The number of carbonyl (C=O) groups is 3. The number of esters is 1. The summed E-state index contributed by atoms with van der Waals surface area (Å²) in [5.74, 6) is -1.37. The zero-order chi connectivity index (χ0) is 21.6. The number of hydrogen-bond donors (Lipinski definition) is 2. The molecule has 0 spiro atoms. The molecule has 0 aliphatic heterocycles. The van der Waals surface area contributed by atoms with Crippen LogP contribution < -0.4 is 10.1 Å². The predicted molar refractivity (Wildman–Crippen MR) is 110 cm³/mol. The van der Waals surface area contributed by atoms with Crippen molar-refractivity contribution in [3.8, 4) is 5.75 Å². The lowest BCUT2D eigenvalue weighted by Gasteiger charge is -2.22. The molecule has 0 aromatic heterocycles. The first-order valence-corrected chi connectivity index (χ1v) is 9.62. The van der Waals surface area contributed by atoms with Crippen molar-refractivity contribution in [1.29, 1.82) is 0 Å². The Morgan fingerprint density at radius 1 is 1.07 bits per heavy atom. The van der Waals surface area contributed by atoms with Gasteiger partial charge >= 0.3 is 18.0 Å². The molecular formula is C21H22BrNO6. The van der Waals surface area contributed by atoms with Gasteiger partial charge in [0.05, 0.1) is 5.56 Å². The van der Waals surface area contributed by atoms with Gasteiger partial charge in [0.25, 0.3) is 0 Å². The van der Waals surface area contributed by atoms with E-state index in [0.29, 0.717) is 21.3 Å². The van der Waals surface area contributed by atoms with Crippen LogP contribution in [-0.4, -0.2) is 34.8 Å². The summed E-state index contributed by atoms with van der Waals surface area (Å²) < 4.78 is 11.1. The van der Waals surface area contributed by atoms with Crippen molar-refractivity contribution in [2.45, 2.75) is 38.8 Å². The van der Waals surface area contributed by atoms with Gasteiger partial charge in [0, 0.05) is 10.9 Å². The molecule has 2 aromatic rings. The fraction of sp³-hybridized carbons (Fsp3) is 0.286. The number of carboxylic acids is 1. The summed E-state index contributed by atoms with van der Waals surface area (Å²) in [4.78, 5) is 35.5.